The molecule has 1 saturated carbocycles. The molecule has 2 aromatic heterocycles. The molecular weight excluding hydrogens is 586 g/mol. The second-order valence-electron chi connectivity index (χ2n) is 9.72. The highest BCUT2D eigenvalue weighted by molar-refractivity contribution is 14.1. The lowest BCUT2D eigenvalue weighted by Crippen LogP contribution is -2.46. The molecule has 0 amide bonds. The van der Waals surface area contributed by atoms with E-state index in [0.717, 1.165) is 59.2 Å². The molecule has 4 heterocycles. The van der Waals surface area contributed by atoms with Gasteiger partial charge in [0.05, 0.1) is 12.7 Å². The van der Waals surface area contributed by atoms with Crippen molar-refractivity contribution in [2.45, 2.75) is 75.6 Å². The number of hydrogen-bond acceptors (Lipinski definition) is 6. The molecule has 36 heavy (non-hydrogen) atoms. The SMILES string of the molecule is FC(F)(F)Oc1ccccc1-c1noc(C2CC2)c1CO[C@H]1C[C@H]2CC[C@@H](C1)N2c1ccc(I)cn1. The number of aromatic nitrogens is 2. The summed E-state index contributed by atoms with van der Waals surface area (Å²) >= 11 is 2.26. The maximum Gasteiger partial charge on any atom is 0.573 e. The molecule has 6 rings (SSSR count). The third-order valence-electron chi connectivity index (χ3n) is 7.26. The normalized spacial score (nSPS) is 23.8. The van der Waals surface area contributed by atoms with E-state index in [9.17, 15) is 13.2 Å². The standard InChI is InChI=1S/C26H25F3IN3O3/c27-26(28,29)35-22-4-2-1-3-20(22)24-21(25(36-32-24)15-5-6-15)14-34-19-11-17-8-9-18(12-19)33(17)23-10-7-16(30)13-31-23/h1-4,7,10,13,15,17-19H,5-6,8-9,11-12,14H2/t17-,18+,19+. The van der Waals surface area contributed by atoms with Crippen molar-refractivity contribution in [2.75, 3.05) is 4.90 Å². The van der Waals surface area contributed by atoms with Crippen molar-refractivity contribution in [2.24, 2.45) is 0 Å². The molecule has 2 saturated heterocycles. The monoisotopic (exact) mass is 611 g/mol. The van der Waals surface area contributed by atoms with E-state index in [1.165, 1.54) is 12.1 Å². The fourth-order valence-corrected chi connectivity index (χ4v) is 5.89. The van der Waals surface area contributed by atoms with Crippen LogP contribution < -0.4 is 9.64 Å². The first-order valence-corrected chi connectivity index (χ1v) is 13.3. The van der Waals surface area contributed by atoms with Crippen molar-refractivity contribution in [1.29, 1.82) is 0 Å². The number of anilines is 1. The second-order valence-corrected chi connectivity index (χ2v) is 11.0. The van der Waals surface area contributed by atoms with Crippen LogP contribution in [0.4, 0.5) is 19.0 Å². The molecule has 0 spiro atoms. The molecule has 2 bridgehead atoms. The molecule has 3 atom stereocenters. The first-order chi connectivity index (χ1) is 17.4. The van der Waals surface area contributed by atoms with Gasteiger partial charge in [0, 0.05) is 38.9 Å². The molecule has 0 unspecified atom stereocenters. The summed E-state index contributed by atoms with van der Waals surface area (Å²) in [7, 11) is 0. The number of fused-ring (bicyclic) bond motifs is 2. The average Bonchev–Trinajstić information content (AvgIpc) is 3.54. The Morgan fingerprint density at radius 2 is 1.78 bits per heavy atom. The largest absolute Gasteiger partial charge is 0.573 e. The number of piperidine rings is 1. The first kappa shape index (κ1) is 24.0. The fourth-order valence-electron chi connectivity index (χ4n) is 5.57. The lowest BCUT2D eigenvalue weighted by Gasteiger charge is -2.39. The topological polar surface area (TPSA) is 60.6 Å². The molecule has 190 valence electrons. The highest BCUT2D eigenvalue weighted by atomic mass is 127. The Hall–Kier alpha value is -2.34. The Bertz CT molecular complexity index is 1220. The number of rotatable bonds is 7. The number of benzene rings is 1. The van der Waals surface area contributed by atoms with Crippen molar-refractivity contribution >= 4 is 28.4 Å². The first-order valence-electron chi connectivity index (χ1n) is 12.2. The van der Waals surface area contributed by atoms with Crippen LogP contribution in [0.1, 0.15) is 55.8 Å². The summed E-state index contributed by atoms with van der Waals surface area (Å²) < 4.78 is 56.5. The van der Waals surface area contributed by atoms with Crippen molar-refractivity contribution in [3.8, 4) is 17.0 Å². The van der Waals surface area contributed by atoms with E-state index in [-0.39, 0.29) is 29.9 Å². The summed E-state index contributed by atoms with van der Waals surface area (Å²) in [6, 6.07) is 10.9. The predicted molar refractivity (Wildman–Crippen MR) is 135 cm³/mol. The number of alkyl halides is 3. The smallest absolute Gasteiger partial charge is 0.405 e. The molecule has 6 nitrogen and oxygen atoms in total. The third-order valence-corrected chi connectivity index (χ3v) is 7.90. The molecule has 0 radical (unpaired) electrons. The minimum Gasteiger partial charge on any atom is -0.405 e. The molecule has 3 fully saturated rings. The van der Waals surface area contributed by atoms with Crippen LogP contribution in [0.2, 0.25) is 0 Å². The number of halogens is 4. The minimum atomic E-state index is -4.80. The van der Waals surface area contributed by atoms with Crippen LogP contribution in [-0.2, 0) is 11.3 Å². The van der Waals surface area contributed by atoms with Gasteiger partial charge in [0.1, 0.15) is 23.0 Å². The molecule has 1 aliphatic carbocycles. The zero-order valence-corrected chi connectivity index (χ0v) is 21.5. The van der Waals surface area contributed by atoms with Crippen LogP contribution in [0.3, 0.4) is 0 Å². The lowest BCUT2D eigenvalue weighted by atomic mass is 9.99. The maximum absolute atomic E-state index is 13.0. The van der Waals surface area contributed by atoms with Gasteiger partial charge in [-0.25, -0.2) is 4.98 Å². The quantitative estimate of drug-likeness (QED) is 0.273. The third kappa shape index (κ3) is 4.93. The van der Waals surface area contributed by atoms with E-state index < -0.39 is 6.36 Å². The number of hydrogen-bond donors (Lipinski definition) is 0. The van der Waals surface area contributed by atoms with Gasteiger partial charge >= 0.3 is 6.36 Å². The van der Waals surface area contributed by atoms with Gasteiger partial charge in [-0.2, -0.15) is 0 Å². The highest BCUT2D eigenvalue weighted by Crippen LogP contribution is 2.46. The molecule has 1 aromatic carbocycles. The van der Waals surface area contributed by atoms with Crippen LogP contribution in [0.5, 0.6) is 5.75 Å². The van der Waals surface area contributed by atoms with Crippen LogP contribution in [0, 0.1) is 3.57 Å². The molecule has 10 heteroatoms. The highest BCUT2D eigenvalue weighted by Gasteiger charge is 2.42. The van der Waals surface area contributed by atoms with Gasteiger partial charge in [-0.05, 0) is 85.4 Å². The van der Waals surface area contributed by atoms with Gasteiger partial charge in [-0.1, -0.05) is 17.3 Å². The lowest BCUT2D eigenvalue weighted by molar-refractivity contribution is -0.274. The van der Waals surface area contributed by atoms with Crippen LogP contribution in [-0.4, -0.2) is 34.7 Å². The van der Waals surface area contributed by atoms with Gasteiger partial charge in [0.2, 0.25) is 0 Å². The van der Waals surface area contributed by atoms with Crippen LogP contribution in [0.15, 0.2) is 47.1 Å². The summed E-state index contributed by atoms with van der Waals surface area (Å²) in [6.07, 6.45) is 3.09. The molecular formula is C26H25F3IN3O3. The summed E-state index contributed by atoms with van der Waals surface area (Å²) in [4.78, 5) is 7.07. The number of ether oxygens (including phenoxy) is 2. The van der Waals surface area contributed by atoms with E-state index in [1.54, 1.807) is 12.1 Å². The van der Waals surface area contributed by atoms with Gasteiger partial charge in [-0.3, -0.25) is 0 Å². The molecule has 3 aromatic rings. The number of nitrogens with zero attached hydrogens (tertiary/aromatic N) is 3. The minimum absolute atomic E-state index is 0.0547. The summed E-state index contributed by atoms with van der Waals surface area (Å²) in [5, 5.41) is 4.18. The molecule has 3 aliphatic rings. The summed E-state index contributed by atoms with van der Waals surface area (Å²) in [5.74, 6) is 1.68. The zero-order valence-electron chi connectivity index (χ0n) is 19.4. The maximum atomic E-state index is 13.0. The Labute approximate surface area is 220 Å². The van der Waals surface area contributed by atoms with Gasteiger partial charge in [0.25, 0.3) is 0 Å². The van der Waals surface area contributed by atoms with E-state index in [4.69, 9.17) is 9.26 Å². The van der Waals surface area contributed by atoms with Crippen molar-refractivity contribution in [3.63, 3.8) is 0 Å². The van der Waals surface area contributed by atoms with E-state index in [1.807, 2.05) is 6.20 Å². The summed E-state index contributed by atoms with van der Waals surface area (Å²) in [5.41, 5.74) is 1.34. The molecule has 0 N–H and O–H groups in total. The predicted octanol–water partition coefficient (Wildman–Crippen LogP) is 6.83. The Morgan fingerprint density at radius 3 is 2.44 bits per heavy atom. The number of pyridine rings is 1. The molecule has 2 aliphatic heterocycles. The van der Waals surface area contributed by atoms with Crippen molar-refractivity contribution in [1.82, 2.24) is 10.1 Å². The van der Waals surface area contributed by atoms with Gasteiger partial charge in [-0.15, -0.1) is 13.2 Å². The Kier molecular flexibility index (Phi) is 6.35. The van der Waals surface area contributed by atoms with Gasteiger partial charge in [0.15, 0.2) is 0 Å². The van der Waals surface area contributed by atoms with Crippen molar-refractivity contribution in [3.05, 3.63) is 57.5 Å². The van der Waals surface area contributed by atoms with E-state index in [2.05, 4.69) is 54.5 Å². The Morgan fingerprint density at radius 1 is 1.03 bits per heavy atom. The van der Waals surface area contributed by atoms with E-state index >= 15 is 0 Å². The van der Waals surface area contributed by atoms with Crippen molar-refractivity contribution < 1.29 is 27.2 Å². The average molecular weight is 611 g/mol. The van der Waals surface area contributed by atoms with E-state index in [0.29, 0.717) is 17.8 Å². The number of para-hydroxylation sites is 1. The van der Waals surface area contributed by atoms with Gasteiger partial charge < -0.3 is 18.9 Å². The zero-order chi connectivity index (χ0) is 24.9. The van der Waals surface area contributed by atoms with Crippen LogP contribution >= 0.6 is 22.6 Å². The second kappa shape index (κ2) is 9.51. The summed E-state index contributed by atoms with van der Waals surface area (Å²) in [6.45, 7) is 0.247. The van der Waals surface area contributed by atoms with Crippen LogP contribution in [0.25, 0.3) is 11.3 Å². The Balaban J connectivity index is 1.21. The fraction of sp³-hybridized carbons (Fsp3) is 0.462.